The highest BCUT2D eigenvalue weighted by atomic mass is 32.1. The van der Waals surface area contributed by atoms with Gasteiger partial charge in [-0.25, -0.2) is 0 Å². The number of nitriles is 1. The molecule has 0 aliphatic rings. The molecule has 1 atom stereocenters. The maximum Gasteiger partial charge on any atom is 0.123 e. The van der Waals surface area contributed by atoms with Gasteiger partial charge in [-0.3, -0.25) is 0 Å². The zero-order valence-corrected chi connectivity index (χ0v) is 13.6. The van der Waals surface area contributed by atoms with E-state index < -0.39 is 4.75 Å². The molecule has 4 aromatic rings. The minimum absolute atomic E-state index is 0.846. The van der Waals surface area contributed by atoms with Crippen LogP contribution in [-0.2, 0) is 4.75 Å². The summed E-state index contributed by atoms with van der Waals surface area (Å²) < 4.78 is -0.846. The zero-order valence-electron chi connectivity index (χ0n) is 12.7. The lowest BCUT2D eigenvalue weighted by atomic mass is 9.88. The third kappa shape index (κ3) is 2.17. The molecule has 0 bridgehead atoms. The first-order valence-electron chi connectivity index (χ1n) is 7.58. The van der Waals surface area contributed by atoms with Crippen LogP contribution in [-0.4, -0.2) is 0 Å². The van der Waals surface area contributed by atoms with Crippen molar-refractivity contribution in [3.8, 4) is 6.07 Å². The van der Waals surface area contributed by atoms with Crippen LogP contribution >= 0.6 is 12.6 Å². The van der Waals surface area contributed by atoms with E-state index in [2.05, 4.69) is 61.2 Å². The highest BCUT2D eigenvalue weighted by molar-refractivity contribution is 7.81. The molecule has 4 rings (SSSR count). The van der Waals surface area contributed by atoms with Crippen LogP contribution < -0.4 is 0 Å². The molecule has 0 aromatic heterocycles. The Morgan fingerprint density at radius 1 is 0.783 bits per heavy atom. The molecule has 0 aliphatic heterocycles. The van der Waals surface area contributed by atoms with E-state index in [1.54, 1.807) is 0 Å². The summed E-state index contributed by atoms with van der Waals surface area (Å²) in [6.07, 6.45) is 0. The molecule has 4 aromatic carbocycles. The number of fused-ring (bicyclic) bond motifs is 3. The molecule has 0 spiro atoms. The van der Waals surface area contributed by atoms with Crippen LogP contribution in [0.2, 0.25) is 0 Å². The Hall–Kier alpha value is -2.50. The fourth-order valence-electron chi connectivity index (χ4n) is 3.34. The number of hydrogen-bond donors (Lipinski definition) is 1. The van der Waals surface area contributed by atoms with E-state index in [0.29, 0.717) is 0 Å². The number of thiol groups is 1. The quantitative estimate of drug-likeness (QED) is 0.348. The minimum atomic E-state index is -0.846. The van der Waals surface area contributed by atoms with Gasteiger partial charge in [-0.05, 0) is 63.0 Å². The van der Waals surface area contributed by atoms with Crippen LogP contribution in [0, 0.1) is 11.3 Å². The minimum Gasteiger partial charge on any atom is -0.196 e. The molecule has 2 heteroatoms. The topological polar surface area (TPSA) is 23.8 Å². The van der Waals surface area contributed by atoms with E-state index in [4.69, 9.17) is 0 Å². The second kappa shape index (κ2) is 5.01. The highest BCUT2D eigenvalue weighted by Gasteiger charge is 2.26. The van der Waals surface area contributed by atoms with Gasteiger partial charge >= 0.3 is 0 Å². The normalized spacial score (nSPS) is 14.0. The molecule has 1 unspecified atom stereocenters. The third-order valence-corrected chi connectivity index (χ3v) is 4.76. The summed E-state index contributed by atoms with van der Waals surface area (Å²) in [7, 11) is 0. The summed E-state index contributed by atoms with van der Waals surface area (Å²) in [5.41, 5.74) is 0.988. The lowest BCUT2D eigenvalue weighted by Crippen LogP contribution is -2.12. The average molecular weight is 313 g/mol. The Labute approximate surface area is 140 Å². The van der Waals surface area contributed by atoms with Crippen LogP contribution in [0.25, 0.3) is 32.3 Å². The SMILES string of the molecule is CC(S)(C#N)c1c2ccccc2cc2cc3ccccc3cc12. The van der Waals surface area contributed by atoms with Gasteiger partial charge in [0.25, 0.3) is 0 Å². The van der Waals surface area contributed by atoms with Gasteiger partial charge in [0, 0.05) is 0 Å². The number of benzene rings is 4. The Morgan fingerprint density at radius 3 is 2.04 bits per heavy atom. The molecule has 23 heavy (non-hydrogen) atoms. The maximum atomic E-state index is 9.65. The summed E-state index contributed by atoms with van der Waals surface area (Å²) >= 11 is 4.66. The Bertz CT molecular complexity index is 1100. The van der Waals surface area contributed by atoms with E-state index in [0.717, 1.165) is 27.1 Å². The predicted molar refractivity (Wildman–Crippen MR) is 101 cm³/mol. The summed E-state index contributed by atoms with van der Waals surface area (Å²) in [6.45, 7) is 1.87. The van der Waals surface area contributed by atoms with Gasteiger partial charge in [0.15, 0.2) is 0 Å². The molecular formula is C21H15NS. The Kier molecular flexibility index (Phi) is 3.07. The van der Waals surface area contributed by atoms with Gasteiger partial charge in [0.1, 0.15) is 4.75 Å². The predicted octanol–water partition coefficient (Wildman–Crippen LogP) is 5.81. The van der Waals surface area contributed by atoms with Crippen LogP contribution in [0.1, 0.15) is 12.5 Å². The van der Waals surface area contributed by atoms with Gasteiger partial charge in [0.05, 0.1) is 6.07 Å². The summed E-state index contributed by atoms with van der Waals surface area (Å²) in [4.78, 5) is 0. The first-order valence-corrected chi connectivity index (χ1v) is 8.03. The number of nitrogens with zero attached hydrogens (tertiary/aromatic N) is 1. The van der Waals surface area contributed by atoms with Crippen molar-refractivity contribution in [1.82, 2.24) is 0 Å². The van der Waals surface area contributed by atoms with Crippen molar-refractivity contribution in [2.75, 3.05) is 0 Å². The van der Waals surface area contributed by atoms with Gasteiger partial charge in [-0.1, -0.05) is 48.5 Å². The first-order chi connectivity index (χ1) is 11.1. The van der Waals surface area contributed by atoms with E-state index >= 15 is 0 Å². The molecule has 0 heterocycles. The van der Waals surface area contributed by atoms with E-state index in [9.17, 15) is 5.26 Å². The van der Waals surface area contributed by atoms with Gasteiger partial charge in [0.2, 0.25) is 0 Å². The van der Waals surface area contributed by atoms with Gasteiger partial charge in [-0.2, -0.15) is 17.9 Å². The average Bonchev–Trinajstić information content (AvgIpc) is 2.57. The Balaban J connectivity index is 2.28. The van der Waals surface area contributed by atoms with Crippen molar-refractivity contribution in [3.05, 3.63) is 72.3 Å². The first kappa shape index (κ1) is 14.1. The fraction of sp³-hybridized carbons (Fsp3) is 0.0952. The van der Waals surface area contributed by atoms with Crippen molar-refractivity contribution in [3.63, 3.8) is 0 Å². The van der Waals surface area contributed by atoms with Crippen molar-refractivity contribution < 1.29 is 0 Å². The summed E-state index contributed by atoms with van der Waals surface area (Å²) in [5.74, 6) is 0. The maximum absolute atomic E-state index is 9.65. The smallest absolute Gasteiger partial charge is 0.123 e. The van der Waals surface area contributed by atoms with Crippen LogP contribution in [0.15, 0.2) is 66.7 Å². The summed E-state index contributed by atoms with van der Waals surface area (Å²) in [6, 6.07) is 25.5. The number of rotatable bonds is 1. The van der Waals surface area contributed by atoms with E-state index in [1.165, 1.54) is 10.8 Å². The van der Waals surface area contributed by atoms with Crippen molar-refractivity contribution in [2.24, 2.45) is 0 Å². The molecule has 0 fully saturated rings. The number of hydrogen-bond acceptors (Lipinski definition) is 2. The molecule has 0 N–H and O–H groups in total. The van der Waals surface area contributed by atoms with E-state index in [1.807, 2.05) is 31.2 Å². The van der Waals surface area contributed by atoms with Gasteiger partial charge < -0.3 is 0 Å². The standard InChI is InChI=1S/C21H15NS/c1-21(23,13-22)20-18-9-5-4-8-16(18)11-17-10-14-6-2-3-7-15(14)12-19(17)20/h2-12,23H,1H3. The van der Waals surface area contributed by atoms with Crippen molar-refractivity contribution >= 4 is 44.9 Å². The monoisotopic (exact) mass is 313 g/mol. The molecule has 110 valence electrons. The van der Waals surface area contributed by atoms with Crippen molar-refractivity contribution in [2.45, 2.75) is 11.7 Å². The molecule has 0 saturated heterocycles. The highest BCUT2D eigenvalue weighted by Crippen LogP contribution is 2.40. The second-order valence-corrected chi connectivity index (χ2v) is 6.97. The van der Waals surface area contributed by atoms with E-state index in [-0.39, 0.29) is 0 Å². The van der Waals surface area contributed by atoms with Crippen LogP contribution in [0.4, 0.5) is 0 Å². The lowest BCUT2D eigenvalue weighted by Gasteiger charge is -2.21. The summed E-state index contributed by atoms with van der Waals surface area (Å²) in [5, 5.41) is 16.5. The van der Waals surface area contributed by atoms with Gasteiger partial charge in [-0.15, -0.1) is 0 Å². The molecular weight excluding hydrogens is 298 g/mol. The lowest BCUT2D eigenvalue weighted by molar-refractivity contribution is 0.927. The molecule has 0 aliphatic carbocycles. The van der Waals surface area contributed by atoms with Crippen LogP contribution in [0.3, 0.4) is 0 Å². The molecule has 0 saturated carbocycles. The largest absolute Gasteiger partial charge is 0.196 e. The Morgan fingerprint density at radius 2 is 1.35 bits per heavy atom. The second-order valence-electron chi connectivity index (χ2n) is 6.08. The fourth-order valence-corrected chi connectivity index (χ4v) is 3.58. The third-order valence-electron chi connectivity index (χ3n) is 4.43. The molecule has 0 radical (unpaired) electrons. The molecule has 1 nitrogen and oxygen atoms in total. The molecule has 0 amide bonds. The zero-order chi connectivity index (χ0) is 16.0. The van der Waals surface area contributed by atoms with Crippen molar-refractivity contribution in [1.29, 1.82) is 5.26 Å². The van der Waals surface area contributed by atoms with Crippen LogP contribution in [0.5, 0.6) is 0 Å².